The molecule has 1 fully saturated rings. The summed E-state index contributed by atoms with van der Waals surface area (Å²) in [6.45, 7) is 2.29. The molecule has 0 unspecified atom stereocenters. The summed E-state index contributed by atoms with van der Waals surface area (Å²) < 4.78 is 5.20. The zero-order valence-corrected chi connectivity index (χ0v) is 15.9. The van der Waals surface area contributed by atoms with Crippen LogP contribution in [0.3, 0.4) is 0 Å². The first kappa shape index (κ1) is 19.6. The number of ether oxygens (including phenoxy) is 1. The largest absolute Gasteiger partial charge is 0.455 e. The summed E-state index contributed by atoms with van der Waals surface area (Å²) in [5, 5.41) is 2.70. The lowest BCUT2D eigenvalue weighted by Gasteiger charge is -2.16. The zero-order chi connectivity index (χ0) is 19.9. The van der Waals surface area contributed by atoms with Crippen LogP contribution in [0.1, 0.15) is 37.7 Å². The van der Waals surface area contributed by atoms with Crippen LogP contribution in [0.2, 0.25) is 0 Å². The van der Waals surface area contributed by atoms with E-state index in [-0.39, 0.29) is 18.4 Å². The summed E-state index contributed by atoms with van der Waals surface area (Å²) in [6.07, 6.45) is 2.04. The highest BCUT2D eigenvalue weighted by Gasteiger charge is 2.22. The lowest BCUT2D eigenvalue weighted by molar-refractivity contribution is -0.149. The molecule has 6 nitrogen and oxygen atoms in total. The Morgan fingerprint density at radius 3 is 2.43 bits per heavy atom. The summed E-state index contributed by atoms with van der Waals surface area (Å²) in [7, 11) is 0. The van der Waals surface area contributed by atoms with Crippen molar-refractivity contribution in [3.63, 3.8) is 0 Å². The van der Waals surface area contributed by atoms with Crippen molar-refractivity contribution in [3.05, 3.63) is 60.2 Å². The van der Waals surface area contributed by atoms with E-state index in [0.717, 1.165) is 24.2 Å². The first-order valence-corrected chi connectivity index (χ1v) is 9.50. The minimum absolute atomic E-state index is 0.118. The van der Waals surface area contributed by atoms with Crippen LogP contribution in [0.4, 0.5) is 11.4 Å². The van der Waals surface area contributed by atoms with Crippen molar-refractivity contribution in [2.75, 3.05) is 23.4 Å². The van der Waals surface area contributed by atoms with Gasteiger partial charge in [-0.3, -0.25) is 14.4 Å². The minimum Gasteiger partial charge on any atom is -0.455 e. The molecule has 1 N–H and O–H groups in total. The molecule has 146 valence electrons. The molecule has 2 aromatic rings. The highest BCUT2D eigenvalue weighted by atomic mass is 16.5. The summed E-state index contributed by atoms with van der Waals surface area (Å²) in [5.74, 6) is -1.08. The Balaban J connectivity index is 1.51. The summed E-state index contributed by atoms with van der Waals surface area (Å²) in [6, 6.07) is 16.5. The fourth-order valence-corrected chi connectivity index (χ4v) is 3.30. The maximum absolute atomic E-state index is 12.3. The molecule has 1 heterocycles. The first-order chi connectivity index (χ1) is 13.6. The van der Waals surface area contributed by atoms with E-state index in [2.05, 4.69) is 5.32 Å². The van der Waals surface area contributed by atoms with Gasteiger partial charge in [-0.1, -0.05) is 37.3 Å². The SMILES string of the molecule is CC[C@H](C(=O)OCC(=O)Nc1ccc(N2CCCC2=O)cc1)c1ccccc1. The Bertz CT molecular complexity index is 833. The van der Waals surface area contributed by atoms with E-state index < -0.39 is 11.9 Å². The molecule has 0 aliphatic carbocycles. The van der Waals surface area contributed by atoms with Gasteiger partial charge in [-0.15, -0.1) is 0 Å². The third kappa shape index (κ3) is 4.76. The van der Waals surface area contributed by atoms with Gasteiger partial charge in [0.2, 0.25) is 5.91 Å². The van der Waals surface area contributed by atoms with Gasteiger partial charge >= 0.3 is 5.97 Å². The van der Waals surface area contributed by atoms with Gasteiger partial charge in [0.15, 0.2) is 6.61 Å². The smallest absolute Gasteiger partial charge is 0.313 e. The van der Waals surface area contributed by atoms with Gasteiger partial charge in [0.1, 0.15) is 0 Å². The van der Waals surface area contributed by atoms with E-state index in [0.29, 0.717) is 18.5 Å². The van der Waals surface area contributed by atoms with Crippen molar-refractivity contribution in [2.24, 2.45) is 0 Å². The Labute approximate surface area is 164 Å². The van der Waals surface area contributed by atoms with E-state index in [4.69, 9.17) is 4.74 Å². The van der Waals surface area contributed by atoms with Crippen molar-refractivity contribution in [1.29, 1.82) is 0 Å². The highest BCUT2D eigenvalue weighted by Crippen LogP contribution is 2.23. The van der Waals surface area contributed by atoms with Crippen LogP contribution in [-0.2, 0) is 19.1 Å². The van der Waals surface area contributed by atoms with Crippen LogP contribution in [0.5, 0.6) is 0 Å². The molecule has 0 bridgehead atoms. The molecule has 1 aliphatic heterocycles. The maximum atomic E-state index is 12.3. The van der Waals surface area contributed by atoms with E-state index in [1.165, 1.54) is 0 Å². The van der Waals surface area contributed by atoms with Crippen LogP contribution in [0, 0.1) is 0 Å². The van der Waals surface area contributed by atoms with E-state index in [1.807, 2.05) is 37.3 Å². The quantitative estimate of drug-likeness (QED) is 0.746. The van der Waals surface area contributed by atoms with Crippen molar-refractivity contribution < 1.29 is 19.1 Å². The number of esters is 1. The Morgan fingerprint density at radius 1 is 1.11 bits per heavy atom. The molecular weight excluding hydrogens is 356 g/mol. The third-order valence-electron chi connectivity index (χ3n) is 4.78. The standard InChI is InChI=1S/C22H24N2O4/c1-2-19(16-7-4-3-5-8-16)22(27)28-15-20(25)23-17-10-12-18(13-11-17)24-14-6-9-21(24)26/h3-5,7-8,10-13,19H,2,6,9,14-15H2,1H3,(H,23,25)/t19-/m0/s1. The second kappa shape index (κ2) is 9.17. The van der Waals surface area contributed by atoms with Crippen molar-refractivity contribution >= 4 is 29.2 Å². The molecule has 1 aliphatic rings. The monoisotopic (exact) mass is 380 g/mol. The lowest BCUT2D eigenvalue weighted by atomic mass is 9.97. The van der Waals surface area contributed by atoms with Crippen LogP contribution >= 0.6 is 0 Å². The number of benzene rings is 2. The average Bonchev–Trinajstić information content (AvgIpc) is 3.14. The lowest BCUT2D eigenvalue weighted by Crippen LogP contribution is -2.24. The summed E-state index contributed by atoms with van der Waals surface area (Å²) >= 11 is 0. The van der Waals surface area contributed by atoms with Crippen LogP contribution < -0.4 is 10.2 Å². The van der Waals surface area contributed by atoms with Gasteiger partial charge in [0, 0.05) is 24.3 Å². The van der Waals surface area contributed by atoms with Gasteiger partial charge < -0.3 is 15.0 Å². The summed E-state index contributed by atoms with van der Waals surface area (Å²) in [4.78, 5) is 37.9. The number of anilines is 2. The van der Waals surface area contributed by atoms with Gasteiger partial charge in [-0.05, 0) is 42.7 Å². The molecule has 0 spiro atoms. The van der Waals surface area contributed by atoms with Crippen molar-refractivity contribution in [1.82, 2.24) is 0 Å². The van der Waals surface area contributed by atoms with Gasteiger partial charge in [0.05, 0.1) is 5.92 Å². The molecule has 1 atom stereocenters. The second-order valence-corrected chi connectivity index (χ2v) is 6.72. The van der Waals surface area contributed by atoms with Crippen LogP contribution in [0.15, 0.2) is 54.6 Å². The van der Waals surface area contributed by atoms with Crippen molar-refractivity contribution in [3.8, 4) is 0 Å². The number of carbonyl (C=O) groups excluding carboxylic acids is 3. The Hall–Kier alpha value is -3.15. The molecule has 0 aromatic heterocycles. The number of nitrogens with zero attached hydrogens (tertiary/aromatic N) is 1. The topological polar surface area (TPSA) is 75.7 Å². The van der Waals surface area contributed by atoms with Gasteiger partial charge in [-0.25, -0.2) is 0 Å². The molecule has 2 aromatic carbocycles. The number of amides is 2. The van der Waals surface area contributed by atoms with E-state index >= 15 is 0 Å². The fraction of sp³-hybridized carbons (Fsp3) is 0.318. The van der Waals surface area contributed by atoms with E-state index in [9.17, 15) is 14.4 Å². The highest BCUT2D eigenvalue weighted by molar-refractivity contribution is 5.96. The normalized spacial score (nSPS) is 14.6. The van der Waals surface area contributed by atoms with Crippen LogP contribution in [0.25, 0.3) is 0 Å². The molecule has 3 rings (SSSR count). The number of nitrogens with one attached hydrogen (secondary N) is 1. The number of hydrogen-bond acceptors (Lipinski definition) is 4. The zero-order valence-electron chi connectivity index (χ0n) is 15.9. The number of hydrogen-bond donors (Lipinski definition) is 1. The van der Waals surface area contributed by atoms with Crippen molar-refractivity contribution in [2.45, 2.75) is 32.1 Å². The van der Waals surface area contributed by atoms with E-state index in [1.54, 1.807) is 29.2 Å². The third-order valence-corrected chi connectivity index (χ3v) is 4.78. The van der Waals surface area contributed by atoms with Gasteiger partial charge in [-0.2, -0.15) is 0 Å². The predicted octanol–water partition coefficient (Wildman–Crippen LogP) is 3.49. The molecule has 28 heavy (non-hydrogen) atoms. The fourth-order valence-electron chi connectivity index (χ4n) is 3.30. The van der Waals surface area contributed by atoms with Crippen LogP contribution in [-0.4, -0.2) is 30.9 Å². The second-order valence-electron chi connectivity index (χ2n) is 6.72. The first-order valence-electron chi connectivity index (χ1n) is 9.50. The molecule has 0 saturated carbocycles. The molecule has 1 saturated heterocycles. The molecule has 6 heteroatoms. The molecule has 0 radical (unpaired) electrons. The summed E-state index contributed by atoms with van der Waals surface area (Å²) in [5.41, 5.74) is 2.29. The van der Waals surface area contributed by atoms with Gasteiger partial charge in [0.25, 0.3) is 5.91 Å². The minimum atomic E-state index is -0.410. The maximum Gasteiger partial charge on any atom is 0.313 e. The molecular formula is C22H24N2O4. The number of carbonyl (C=O) groups is 3. The molecule has 2 amide bonds. The number of rotatable bonds is 7. The average molecular weight is 380 g/mol. The Kier molecular flexibility index (Phi) is 6.42. The Morgan fingerprint density at radius 2 is 1.82 bits per heavy atom. The predicted molar refractivity (Wildman–Crippen MR) is 107 cm³/mol.